The lowest BCUT2D eigenvalue weighted by Crippen LogP contribution is -2.09. The van der Waals surface area contributed by atoms with Crippen LogP contribution in [-0.4, -0.2) is 24.1 Å². The summed E-state index contributed by atoms with van der Waals surface area (Å²) < 4.78 is 4.73. The summed E-state index contributed by atoms with van der Waals surface area (Å²) in [5, 5.41) is 4.44. The van der Waals surface area contributed by atoms with Gasteiger partial charge in [0.1, 0.15) is 5.82 Å². The summed E-state index contributed by atoms with van der Waals surface area (Å²) in [6, 6.07) is 74.5. The Bertz CT molecular complexity index is 4320. The Balaban J connectivity index is 1.04. The number of aromatic nitrogens is 5. The molecule has 0 saturated heterocycles. The average Bonchev–Trinajstić information content (AvgIpc) is 4.02. The number of benzene rings is 9. The number of fused-ring (bicyclic) bond motifs is 6. The van der Waals surface area contributed by atoms with E-state index in [-0.39, 0.29) is 5.92 Å². The predicted molar refractivity (Wildman–Crippen MR) is 316 cm³/mol. The van der Waals surface area contributed by atoms with Crippen LogP contribution in [0.25, 0.3) is 117 Å². The van der Waals surface area contributed by atoms with Crippen molar-refractivity contribution in [1.29, 1.82) is 0 Å². The second-order valence-electron chi connectivity index (χ2n) is 19.0. The van der Waals surface area contributed by atoms with Gasteiger partial charge in [-0.2, -0.15) is 0 Å². The van der Waals surface area contributed by atoms with E-state index in [4.69, 9.17) is 21.5 Å². The minimum atomic E-state index is -0.0711. The molecule has 1 atom stereocenters. The van der Waals surface area contributed by atoms with Crippen LogP contribution in [-0.2, 0) is 0 Å². The van der Waals surface area contributed by atoms with Gasteiger partial charge in [0.05, 0.1) is 34.3 Å². The molecule has 9 aromatic carbocycles. The van der Waals surface area contributed by atoms with Gasteiger partial charge in [-0.3, -0.25) is 0 Å². The molecule has 13 rings (SSSR count). The lowest BCUT2D eigenvalue weighted by Gasteiger charge is -2.20. The molecular weight excluding hydrogens is 925 g/mol. The first-order valence-corrected chi connectivity index (χ1v) is 25.6. The molecule has 0 radical (unpaired) electrons. The molecule has 0 aliphatic heterocycles. The summed E-state index contributed by atoms with van der Waals surface area (Å²) in [4.78, 5) is 20.0. The highest BCUT2D eigenvalue weighted by Crippen LogP contribution is 2.43. The molecule has 6 nitrogen and oxygen atoms in total. The summed E-state index contributed by atoms with van der Waals surface area (Å²) in [6.07, 6.45) is 17.4. The smallest absolute Gasteiger partial charge is 0.188 e. The van der Waals surface area contributed by atoms with Gasteiger partial charge in [-0.1, -0.05) is 213 Å². The largest absolute Gasteiger partial charge is 0.309 e. The summed E-state index contributed by atoms with van der Waals surface area (Å²) in [5.41, 5.74) is 16.3. The molecule has 0 amide bonds. The van der Waals surface area contributed by atoms with E-state index >= 15 is 0 Å². The number of hydrogen-bond acceptors (Lipinski definition) is 3. The number of hydrogen-bond donors (Lipinski definition) is 0. The number of allylic oxidation sites excluding steroid dienone is 8. The SMILES string of the molecule is [C-]#[N+]c1ccc2c(c1)c1cc(-n3c4ccccc4c4ccccc43)ccc1n2-c1c(/C=C/C=C\C=C)cc(-c2nc(-c3ccc(-c4ccccc4)cc3)nc(C3C=CC(c4ccccc4)=CC3)n2)cc1-c1ccccc1. The molecule has 0 spiro atoms. The number of rotatable bonds is 11. The highest BCUT2D eigenvalue weighted by atomic mass is 15.0. The molecule has 0 N–H and O–H groups in total. The fourth-order valence-corrected chi connectivity index (χ4v) is 10.9. The van der Waals surface area contributed by atoms with Crippen LogP contribution in [0, 0.1) is 6.57 Å². The maximum atomic E-state index is 8.14. The Kier molecular flexibility index (Phi) is 11.8. The van der Waals surface area contributed by atoms with E-state index in [1.54, 1.807) is 6.08 Å². The normalized spacial score (nSPS) is 13.6. The Morgan fingerprint density at radius 2 is 1.07 bits per heavy atom. The van der Waals surface area contributed by atoms with Gasteiger partial charge in [-0.15, -0.1) is 0 Å². The quantitative estimate of drug-likeness (QED) is 0.0958. The number of nitrogens with zero attached hydrogens (tertiary/aromatic N) is 6. The lowest BCUT2D eigenvalue weighted by molar-refractivity contribution is 0.766. The van der Waals surface area contributed by atoms with Gasteiger partial charge in [-0.25, -0.2) is 19.8 Å². The highest BCUT2D eigenvalue weighted by Gasteiger charge is 2.24. The first-order chi connectivity index (χ1) is 37.6. The molecule has 3 heterocycles. The van der Waals surface area contributed by atoms with Crippen LogP contribution >= 0.6 is 0 Å². The second-order valence-corrected chi connectivity index (χ2v) is 19.0. The maximum Gasteiger partial charge on any atom is 0.188 e. The van der Waals surface area contributed by atoms with E-state index < -0.39 is 0 Å². The van der Waals surface area contributed by atoms with Crippen molar-refractivity contribution in [2.24, 2.45) is 0 Å². The van der Waals surface area contributed by atoms with Crippen LogP contribution < -0.4 is 0 Å². The van der Waals surface area contributed by atoms with Gasteiger partial charge in [-0.05, 0) is 99.8 Å². The van der Waals surface area contributed by atoms with Gasteiger partial charge in [0.15, 0.2) is 17.3 Å². The first kappa shape index (κ1) is 45.6. The van der Waals surface area contributed by atoms with Crippen LogP contribution in [0.1, 0.15) is 29.3 Å². The lowest BCUT2D eigenvalue weighted by atomic mass is 9.92. The molecule has 0 saturated carbocycles. The fourth-order valence-electron chi connectivity index (χ4n) is 10.9. The maximum absolute atomic E-state index is 8.14. The van der Waals surface area contributed by atoms with Crippen molar-refractivity contribution < 1.29 is 0 Å². The molecule has 12 aromatic rings. The topological polar surface area (TPSA) is 52.9 Å². The van der Waals surface area contributed by atoms with Crippen LogP contribution in [0.15, 0.2) is 261 Å². The van der Waals surface area contributed by atoms with E-state index in [1.807, 2.05) is 36.4 Å². The van der Waals surface area contributed by atoms with Gasteiger partial charge >= 0.3 is 0 Å². The average molecular weight is 973 g/mol. The Morgan fingerprint density at radius 3 is 1.72 bits per heavy atom. The van der Waals surface area contributed by atoms with Gasteiger partial charge in [0, 0.05) is 44.5 Å². The monoisotopic (exact) mass is 972 g/mol. The second kappa shape index (κ2) is 19.7. The van der Waals surface area contributed by atoms with Crippen LogP contribution in [0.4, 0.5) is 5.69 Å². The third-order valence-corrected chi connectivity index (χ3v) is 14.5. The van der Waals surface area contributed by atoms with Crippen molar-refractivity contribution in [3.8, 4) is 56.4 Å². The van der Waals surface area contributed by atoms with E-state index in [9.17, 15) is 0 Å². The summed E-state index contributed by atoms with van der Waals surface area (Å²) in [7, 11) is 0. The molecule has 358 valence electrons. The van der Waals surface area contributed by atoms with Crippen molar-refractivity contribution in [2.75, 3.05) is 0 Å². The minimum absolute atomic E-state index is 0.0711. The number of para-hydroxylation sites is 2. The zero-order chi connectivity index (χ0) is 51.0. The van der Waals surface area contributed by atoms with Gasteiger partial charge < -0.3 is 9.13 Å². The van der Waals surface area contributed by atoms with Crippen molar-refractivity contribution in [3.63, 3.8) is 0 Å². The molecule has 0 fully saturated rings. The van der Waals surface area contributed by atoms with Crippen molar-refractivity contribution >= 4 is 60.9 Å². The highest BCUT2D eigenvalue weighted by molar-refractivity contribution is 6.13. The third kappa shape index (κ3) is 8.32. The minimum Gasteiger partial charge on any atom is -0.309 e. The first-order valence-electron chi connectivity index (χ1n) is 25.6. The fraction of sp³-hybridized carbons (Fsp3) is 0.0286. The summed E-state index contributed by atoms with van der Waals surface area (Å²) >= 11 is 0. The van der Waals surface area contributed by atoms with Crippen molar-refractivity contribution in [2.45, 2.75) is 12.3 Å². The Hall–Kier alpha value is -10.2. The van der Waals surface area contributed by atoms with E-state index in [2.05, 4.69) is 239 Å². The van der Waals surface area contributed by atoms with E-state index in [0.717, 1.165) is 89.6 Å². The zero-order valence-corrected chi connectivity index (χ0v) is 41.5. The van der Waals surface area contributed by atoms with E-state index in [0.29, 0.717) is 23.2 Å². The van der Waals surface area contributed by atoms with Crippen molar-refractivity contribution in [3.05, 3.63) is 290 Å². The predicted octanol–water partition coefficient (Wildman–Crippen LogP) is 18.2. The summed E-state index contributed by atoms with van der Waals surface area (Å²) in [6.45, 7) is 12.1. The zero-order valence-electron chi connectivity index (χ0n) is 41.5. The van der Waals surface area contributed by atoms with Crippen molar-refractivity contribution in [1.82, 2.24) is 24.1 Å². The molecule has 3 aromatic heterocycles. The van der Waals surface area contributed by atoms with Crippen LogP contribution in [0.5, 0.6) is 0 Å². The Morgan fingerprint density at radius 1 is 0.487 bits per heavy atom. The molecule has 76 heavy (non-hydrogen) atoms. The molecule has 1 unspecified atom stereocenters. The van der Waals surface area contributed by atoms with Crippen LogP contribution in [0.3, 0.4) is 0 Å². The molecule has 1 aliphatic carbocycles. The third-order valence-electron chi connectivity index (χ3n) is 14.5. The van der Waals surface area contributed by atoms with E-state index in [1.165, 1.54) is 21.9 Å². The molecule has 0 bridgehead atoms. The standard InChI is InChI=1S/C70H48N6/c1-3-4-5-9-26-54-43-55(70-73-68(52-35-31-49(32-36-52)47-20-10-6-11-21-47)72-69(74-70)53-37-33-50(34-38-53)48-22-12-7-13-23-48)44-60(51-24-14-8-15-25-51)67(54)76-65-41-39-56(71-2)45-61(65)62-46-57(40-42-66(62)76)75-63-29-18-16-27-58(63)59-28-17-19-30-64(59)75/h3-37,39-46,53H,1,38H2/b5-4-,26-9+. The Labute approximate surface area is 441 Å². The summed E-state index contributed by atoms with van der Waals surface area (Å²) in [5.74, 6) is 1.83. The van der Waals surface area contributed by atoms with Gasteiger partial charge in [0.25, 0.3) is 0 Å². The molecular formula is C70H48N6. The van der Waals surface area contributed by atoms with Gasteiger partial charge in [0.2, 0.25) is 0 Å². The molecule has 6 heteroatoms. The van der Waals surface area contributed by atoms with Crippen LogP contribution in [0.2, 0.25) is 0 Å². The molecule has 1 aliphatic rings.